The molecule has 0 spiro atoms. The average Bonchev–Trinajstić information content (AvgIpc) is 3.38. The Kier molecular flexibility index (Phi) is 5.66. The maximum absolute atomic E-state index is 13.0. The Morgan fingerprint density at radius 2 is 1.81 bits per heavy atom. The molecule has 0 atom stereocenters. The fourth-order valence-electron chi connectivity index (χ4n) is 4.21. The number of aryl methyl sites for hydroxylation is 2. The molecule has 0 N–H and O–H groups in total. The van der Waals surface area contributed by atoms with E-state index in [-0.39, 0.29) is 5.91 Å². The summed E-state index contributed by atoms with van der Waals surface area (Å²) in [4.78, 5) is 23.0. The van der Waals surface area contributed by atoms with Crippen LogP contribution in [0.4, 0.5) is 5.69 Å². The van der Waals surface area contributed by atoms with E-state index in [1.807, 2.05) is 34.7 Å². The zero-order valence-corrected chi connectivity index (χ0v) is 19.8. The molecule has 1 saturated heterocycles. The van der Waals surface area contributed by atoms with Crippen LogP contribution in [-0.4, -0.2) is 46.4 Å². The number of nitrogens with zero attached hydrogens (tertiary/aromatic N) is 4. The van der Waals surface area contributed by atoms with Crippen molar-refractivity contribution in [3.63, 3.8) is 0 Å². The second-order valence-electron chi connectivity index (χ2n) is 8.35. The summed E-state index contributed by atoms with van der Waals surface area (Å²) in [6.07, 6.45) is 2.43. The molecule has 32 heavy (non-hydrogen) atoms. The van der Waals surface area contributed by atoms with E-state index in [4.69, 9.17) is 16.6 Å². The largest absolute Gasteiger partial charge is 0.368 e. The van der Waals surface area contributed by atoms with Gasteiger partial charge in [0.05, 0.1) is 12.1 Å². The van der Waals surface area contributed by atoms with Crippen LogP contribution in [0.1, 0.15) is 16.8 Å². The van der Waals surface area contributed by atoms with Crippen molar-refractivity contribution in [1.82, 2.24) is 14.3 Å². The highest BCUT2D eigenvalue weighted by atomic mass is 35.5. The Labute approximate surface area is 196 Å². The number of benzene rings is 2. The molecule has 4 aromatic rings. The number of hydrogen-bond donors (Lipinski definition) is 0. The van der Waals surface area contributed by atoms with Crippen LogP contribution >= 0.6 is 22.9 Å². The predicted molar refractivity (Wildman–Crippen MR) is 132 cm³/mol. The molecule has 5 rings (SSSR count). The summed E-state index contributed by atoms with van der Waals surface area (Å²) in [6, 6.07) is 14.4. The minimum absolute atomic E-state index is 0.165. The number of rotatable bonds is 4. The Morgan fingerprint density at radius 3 is 2.56 bits per heavy atom. The maximum Gasteiger partial charge on any atom is 0.228 e. The number of halogens is 1. The van der Waals surface area contributed by atoms with Crippen LogP contribution in [0.5, 0.6) is 0 Å². The van der Waals surface area contributed by atoms with E-state index >= 15 is 0 Å². The first-order valence-corrected chi connectivity index (χ1v) is 12.0. The molecule has 5 nitrogen and oxygen atoms in total. The number of carbonyl (C=O) groups excluding carboxylic acids is 1. The molecule has 0 unspecified atom stereocenters. The van der Waals surface area contributed by atoms with Crippen molar-refractivity contribution >= 4 is 39.5 Å². The molecule has 1 aliphatic heterocycles. The van der Waals surface area contributed by atoms with Gasteiger partial charge in [0.1, 0.15) is 0 Å². The van der Waals surface area contributed by atoms with E-state index in [9.17, 15) is 4.79 Å². The number of piperazine rings is 1. The minimum atomic E-state index is 0.165. The van der Waals surface area contributed by atoms with E-state index in [2.05, 4.69) is 47.4 Å². The molecule has 1 aliphatic rings. The molecule has 0 saturated carbocycles. The van der Waals surface area contributed by atoms with Crippen LogP contribution in [0.3, 0.4) is 0 Å². The summed E-state index contributed by atoms with van der Waals surface area (Å²) < 4.78 is 2.06. The topological polar surface area (TPSA) is 40.9 Å². The zero-order chi connectivity index (χ0) is 22.2. The Hall–Kier alpha value is -2.83. The molecule has 0 radical (unpaired) electrons. The van der Waals surface area contributed by atoms with Gasteiger partial charge in [0.15, 0.2) is 4.96 Å². The third kappa shape index (κ3) is 4.12. The molecule has 0 bridgehead atoms. The van der Waals surface area contributed by atoms with E-state index in [0.29, 0.717) is 6.42 Å². The van der Waals surface area contributed by atoms with Crippen molar-refractivity contribution in [2.45, 2.75) is 20.3 Å². The second kappa shape index (κ2) is 8.60. The van der Waals surface area contributed by atoms with Crippen molar-refractivity contribution in [2.24, 2.45) is 0 Å². The van der Waals surface area contributed by atoms with Gasteiger partial charge in [0, 0.05) is 59.7 Å². The molecule has 0 aliphatic carbocycles. The smallest absolute Gasteiger partial charge is 0.228 e. The van der Waals surface area contributed by atoms with Crippen molar-refractivity contribution in [3.8, 4) is 11.3 Å². The number of hydrogen-bond acceptors (Lipinski definition) is 4. The molecular weight excluding hydrogens is 440 g/mol. The van der Waals surface area contributed by atoms with Crippen LogP contribution in [0.15, 0.2) is 54.0 Å². The number of fused-ring (bicyclic) bond motifs is 1. The number of anilines is 1. The number of imidazole rings is 1. The molecule has 2 aromatic carbocycles. The van der Waals surface area contributed by atoms with E-state index in [1.54, 1.807) is 11.3 Å². The quantitative estimate of drug-likeness (QED) is 0.415. The first kappa shape index (κ1) is 21.0. The highest BCUT2D eigenvalue weighted by Gasteiger charge is 2.23. The first-order valence-electron chi connectivity index (χ1n) is 10.8. The molecular formula is C25H25ClN4OS. The summed E-state index contributed by atoms with van der Waals surface area (Å²) in [5.41, 5.74) is 6.62. The molecule has 1 fully saturated rings. The van der Waals surface area contributed by atoms with Crippen LogP contribution in [0.25, 0.3) is 16.2 Å². The number of carbonyl (C=O) groups is 1. The molecule has 1 amide bonds. The van der Waals surface area contributed by atoms with Crippen LogP contribution in [0.2, 0.25) is 5.02 Å². The summed E-state index contributed by atoms with van der Waals surface area (Å²) in [5, 5.41) is 2.79. The minimum Gasteiger partial charge on any atom is -0.368 e. The monoisotopic (exact) mass is 464 g/mol. The number of amides is 1. The summed E-state index contributed by atoms with van der Waals surface area (Å²) >= 11 is 7.77. The van der Waals surface area contributed by atoms with E-state index in [0.717, 1.165) is 58.8 Å². The maximum atomic E-state index is 13.0. The molecule has 7 heteroatoms. The van der Waals surface area contributed by atoms with Crippen molar-refractivity contribution in [1.29, 1.82) is 0 Å². The lowest BCUT2D eigenvalue weighted by Crippen LogP contribution is -2.49. The van der Waals surface area contributed by atoms with Crippen molar-refractivity contribution in [3.05, 3.63) is 75.9 Å². The van der Waals surface area contributed by atoms with Gasteiger partial charge < -0.3 is 9.80 Å². The Morgan fingerprint density at radius 1 is 1.06 bits per heavy atom. The first-order chi connectivity index (χ1) is 15.5. The van der Waals surface area contributed by atoms with Gasteiger partial charge in [-0.15, -0.1) is 11.3 Å². The second-order valence-corrected chi connectivity index (χ2v) is 9.62. The van der Waals surface area contributed by atoms with Crippen LogP contribution in [-0.2, 0) is 11.2 Å². The van der Waals surface area contributed by atoms with Gasteiger partial charge in [-0.1, -0.05) is 47.5 Å². The van der Waals surface area contributed by atoms with Crippen LogP contribution < -0.4 is 4.90 Å². The van der Waals surface area contributed by atoms with Gasteiger partial charge in [-0.25, -0.2) is 4.98 Å². The standard InChI is InChI=1S/C25H25ClN4OS/c1-17-3-6-19(7-4-17)22-15-30-21(16-32-25(30)27-22)14-24(31)29-11-9-28(10-12-29)23-13-20(26)8-5-18(23)2/h3-8,13,15-16H,9-12,14H2,1-2H3. The lowest BCUT2D eigenvalue weighted by atomic mass is 10.1. The highest BCUT2D eigenvalue weighted by Crippen LogP contribution is 2.27. The highest BCUT2D eigenvalue weighted by molar-refractivity contribution is 7.15. The van der Waals surface area contributed by atoms with Crippen LogP contribution in [0, 0.1) is 13.8 Å². The van der Waals surface area contributed by atoms with Crippen molar-refractivity contribution in [2.75, 3.05) is 31.1 Å². The van der Waals surface area contributed by atoms with Gasteiger partial charge in [0.2, 0.25) is 5.91 Å². The number of thiazole rings is 1. The molecule has 2 aromatic heterocycles. The summed E-state index contributed by atoms with van der Waals surface area (Å²) in [6.45, 7) is 7.24. The normalized spacial score (nSPS) is 14.3. The average molecular weight is 465 g/mol. The van der Waals surface area contributed by atoms with E-state index < -0.39 is 0 Å². The van der Waals surface area contributed by atoms with Gasteiger partial charge >= 0.3 is 0 Å². The third-order valence-electron chi connectivity index (χ3n) is 6.11. The molecule has 164 valence electrons. The molecule has 3 heterocycles. The predicted octanol–water partition coefficient (Wildman–Crippen LogP) is 5.22. The van der Waals surface area contributed by atoms with Gasteiger partial charge in [0.25, 0.3) is 0 Å². The third-order valence-corrected chi connectivity index (χ3v) is 7.23. The lowest BCUT2D eigenvalue weighted by molar-refractivity contribution is -0.130. The zero-order valence-electron chi connectivity index (χ0n) is 18.2. The fourth-order valence-corrected chi connectivity index (χ4v) is 5.25. The van der Waals surface area contributed by atoms with Gasteiger partial charge in [-0.3, -0.25) is 9.20 Å². The summed E-state index contributed by atoms with van der Waals surface area (Å²) in [7, 11) is 0. The number of aromatic nitrogens is 2. The van der Waals surface area contributed by atoms with Gasteiger partial charge in [-0.2, -0.15) is 0 Å². The van der Waals surface area contributed by atoms with E-state index in [1.165, 1.54) is 11.1 Å². The van der Waals surface area contributed by atoms with Gasteiger partial charge in [-0.05, 0) is 31.5 Å². The lowest BCUT2D eigenvalue weighted by Gasteiger charge is -2.37. The Bertz CT molecular complexity index is 1270. The fraction of sp³-hybridized carbons (Fsp3) is 0.280. The SMILES string of the molecule is Cc1ccc(-c2cn3c(CC(=O)N4CCN(c5cc(Cl)ccc5C)CC4)csc3n2)cc1. The summed E-state index contributed by atoms with van der Waals surface area (Å²) in [5.74, 6) is 0.165. The van der Waals surface area contributed by atoms with Crippen molar-refractivity contribution < 1.29 is 4.79 Å². The Balaban J connectivity index is 1.26.